The Kier molecular flexibility index (Phi) is 4.73. The molecule has 0 amide bonds. The Labute approximate surface area is 134 Å². The first-order chi connectivity index (χ1) is 10.3. The van der Waals surface area contributed by atoms with Crippen molar-refractivity contribution in [3.8, 4) is 0 Å². The summed E-state index contributed by atoms with van der Waals surface area (Å²) in [6, 6.07) is 17.2. The number of hydrogen-bond acceptors (Lipinski definition) is 2. The molecular formula is C18H20BrNO. The normalized spacial score (nSPS) is 18.5. The van der Waals surface area contributed by atoms with Gasteiger partial charge in [-0.25, -0.2) is 0 Å². The third kappa shape index (κ3) is 3.37. The van der Waals surface area contributed by atoms with Gasteiger partial charge in [0.1, 0.15) is 0 Å². The first-order valence-electron chi connectivity index (χ1n) is 7.46. The molecule has 0 radical (unpaired) electrons. The van der Waals surface area contributed by atoms with Crippen LogP contribution in [0.25, 0.3) is 0 Å². The zero-order valence-corrected chi connectivity index (χ0v) is 13.5. The molecule has 0 bridgehead atoms. The summed E-state index contributed by atoms with van der Waals surface area (Å²) >= 11 is 3.63. The predicted molar refractivity (Wildman–Crippen MR) is 89.4 cm³/mol. The fourth-order valence-electron chi connectivity index (χ4n) is 3.14. The van der Waals surface area contributed by atoms with Crippen molar-refractivity contribution >= 4 is 15.9 Å². The SMILES string of the molecule is OC[C@H](Cc1ccccc1)NC1CCc2c(Br)cccc21. The summed E-state index contributed by atoms with van der Waals surface area (Å²) in [6.07, 6.45) is 3.05. The van der Waals surface area contributed by atoms with Gasteiger partial charge in [-0.15, -0.1) is 0 Å². The highest BCUT2D eigenvalue weighted by Gasteiger charge is 2.25. The third-order valence-corrected chi connectivity index (χ3v) is 4.94. The summed E-state index contributed by atoms with van der Waals surface area (Å²) in [7, 11) is 0. The summed E-state index contributed by atoms with van der Waals surface area (Å²) in [4.78, 5) is 0. The Morgan fingerprint density at radius 3 is 2.71 bits per heavy atom. The van der Waals surface area contributed by atoms with Crippen LogP contribution in [-0.2, 0) is 12.8 Å². The van der Waals surface area contributed by atoms with E-state index in [0.29, 0.717) is 6.04 Å². The highest BCUT2D eigenvalue weighted by molar-refractivity contribution is 9.10. The molecule has 3 heteroatoms. The molecule has 0 saturated heterocycles. The Morgan fingerprint density at radius 1 is 1.14 bits per heavy atom. The molecule has 2 aromatic carbocycles. The van der Waals surface area contributed by atoms with Crippen LogP contribution in [0.4, 0.5) is 0 Å². The van der Waals surface area contributed by atoms with Crippen LogP contribution in [0.15, 0.2) is 53.0 Å². The van der Waals surface area contributed by atoms with Crippen molar-refractivity contribution in [1.29, 1.82) is 0 Å². The van der Waals surface area contributed by atoms with E-state index in [9.17, 15) is 5.11 Å². The van der Waals surface area contributed by atoms with Crippen molar-refractivity contribution < 1.29 is 5.11 Å². The summed E-state index contributed by atoms with van der Waals surface area (Å²) in [5, 5.41) is 13.3. The zero-order chi connectivity index (χ0) is 14.7. The number of hydrogen-bond donors (Lipinski definition) is 2. The molecule has 2 N–H and O–H groups in total. The molecule has 21 heavy (non-hydrogen) atoms. The molecule has 0 fully saturated rings. The number of nitrogens with one attached hydrogen (secondary N) is 1. The minimum atomic E-state index is 0.0994. The summed E-state index contributed by atoms with van der Waals surface area (Å²) in [5.74, 6) is 0. The lowest BCUT2D eigenvalue weighted by molar-refractivity contribution is 0.230. The van der Waals surface area contributed by atoms with E-state index in [-0.39, 0.29) is 12.6 Å². The van der Waals surface area contributed by atoms with E-state index in [1.165, 1.54) is 21.2 Å². The van der Waals surface area contributed by atoms with E-state index >= 15 is 0 Å². The van der Waals surface area contributed by atoms with Gasteiger partial charge in [0.25, 0.3) is 0 Å². The van der Waals surface area contributed by atoms with Crippen molar-refractivity contribution in [2.75, 3.05) is 6.61 Å². The fraction of sp³-hybridized carbons (Fsp3) is 0.333. The molecule has 1 aliphatic carbocycles. The molecule has 1 aliphatic rings. The van der Waals surface area contributed by atoms with E-state index in [1.54, 1.807) is 0 Å². The highest BCUT2D eigenvalue weighted by Crippen LogP contribution is 2.35. The first kappa shape index (κ1) is 14.8. The van der Waals surface area contributed by atoms with Gasteiger partial charge in [-0.3, -0.25) is 0 Å². The molecule has 3 rings (SSSR count). The number of rotatable bonds is 5. The topological polar surface area (TPSA) is 32.3 Å². The van der Waals surface area contributed by atoms with Gasteiger partial charge in [0.05, 0.1) is 6.61 Å². The molecule has 0 saturated carbocycles. The van der Waals surface area contributed by atoms with Gasteiger partial charge >= 0.3 is 0 Å². The molecule has 0 aliphatic heterocycles. The van der Waals surface area contributed by atoms with Crippen molar-refractivity contribution in [3.05, 3.63) is 69.7 Å². The number of halogens is 1. The third-order valence-electron chi connectivity index (χ3n) is 4.20. The molecule has 2 aromatic rings. The van der Waals surface area contributed by atoms with Gasteiger partial charge in [-0.05, 0) is 42.0 Å². The van der Waals surface area contributed by atoms with Crippen LogP contribution < -0.4 is 5.32 Å². The largest absolute Gasteiger partial charge is 0.395 e. The monoisotopic (exact) mass is 345 g/mol. The first-order valence-corrected chi connectivity index (χ1v) is 8.25. The van der Waals surface area contributed by atoms with Crippen LogP contribution in [0.2, 0.25) is 0 Å². The van der Waals surface area contributed by atoms with Gasteiger partial charge < -0.3 is 10.4 Å². The lowest BCUT2D eigenvalue weighted by Gasteiger charge is -2.22. The van der Waals surface area contributed by atoms with Gasteiger partial charge in [-0.1, -0.05) is 58.4 Å². The smallest absolute Gasteiger partial charge is 0.0588 e. The van der Waals surface area contributed by atoms with Crippen LogP contribution in [0.3, 0.4) is 0 Å². The maximum absolute atomic E-state index is 9.68. The second-order valence-electron chi connectivity index (χ2n) is 5.63. The second-order valence-corrected chi connectivity index (χ2v) is 6.49. The van der Waals surface area contributed by atoms with Gasteiger partial charge in [0.15, 0.2) is 0 Å². The van der Waals surface area contributed by atoms with Crippen molar-refractivity contribution in [2.24, 2.45) is 0 Å². The lowest BCUT2D eigenvalue weighted by Crippen LogP contribution is -2.36. The Hall–Kier alpha value is -1.16. The van der Waals surface area contributed by atoms with E-state index in [2.05, 4.69) is 51.6 Å². The molecule has 2 nitrogen and oxygen atoms in total. The summed E-state index contributed by atoms with van der Waals surface area (Å²) in [6.45, 7) is 0.161. The van der Waals surface area contributed by atoms with Gasteiger partial charge in [0.2, 0.25) is 0 Å². The molecule has 0 aromatic heterocycles. The van der Waals surface area contributed by atoms with Crippen LogP contribution in [0.1, 0.15) is 29.2 Å². The van der Waals surface area contributed by atoms with E-state index in [4.69, 9.17) is 0 Å². The number of aliphatic hydroxyl groups excluding tert-OH is 1. The Morgan fingerprint density at radius 2 is 1.95 bits per heavy atom. The van der Waals surface area contributed by atoms with E-state index < -0.39 is 0 Å². The average molecular weight is 346 g/mol. The van der Waals surface area contributed by atoms with Crippen molar-refractivity contribution in [1.82, 2.24) is 5.32 Å². The predicted octanol–water partition coefficient (Wildman–Crippen LogP) is 3.63. The van der Waals surface area contributed by atoms with Crippen LogP contribution in [-0.4, -0.2) is 17.8 Å². The quantitative estimate of drug-likeness (QED) is 0.867. The van der Waals surface area contributed by atoms with Gasteiger partial charge in [-0.2, -0.15) is 0 Å². The van der Waals surface area contributed by atoms with Crippen molar-refractivity contribution in [3.63, 3.8) is 0 Å². The van der Waals surface area contributed by atoms with E-state index in [0.717, 1.165) is 19.3 Å². The average Bonchev–Trinajstić information content (AvgIpc) is 2.92. The van der Waals surface area contributed by atoms with Crippen molar-refractivity contribution in [2.45, 2.75) is 31.3 Å². The molecule has 2 atom stereocenters. The minimum Gasteiger partial charge on any atom is -0.395 e. The minimum absolute atomic E-state index is 0.0994. The maximum atomic E-state index is 9.68. The van der Waals surface area contributed by atoms with Gasteiger partial charge in [0, 0.05) is 16.6 Å². The molecule has 0 spiro atoms. The Balaban J connectivity index is 1.70. The second kappa shape index (κ2) is 6.73. The van der Waals surface area contributed by atoms with E-state index in [1.807, 2.05) is 18.2 Å². The Bertz CT molecular complexity index is 599. The van der Waals surface area contributed by atoms with Crippen LogP contribution >= 0.6 is 15.9 Å². The standard InChI is InChI=1S/C18H20BrNO/c19-17-8-4-7-16-15(17)9-10-18(16)20-14(12-21)11-13-5-2-1-3-6-13/h1-8,14,18,20-21H,9-12H2/t14-,18?/m0/s1. The maximum Gasteiger partial charge on any atom is 0.0588 e. The molecule has 110 valence electrons. The molecule has 0 heterocycles. The summed E-state index contributed by atoms with van der Waals surface area (Å²) in [5.41, 5.74) is 4.04. The van der Waals surface area contributed by atoms with Crippen LogP contribution in [0, 0.1) is 0 Å². The zero-order valence-electron chi connectivity index (χ0n) is 11.9. The molecular weight excluding hydrogens is 326 g/mol. The number of aliphatic hydroxyl groups is 1. The number of benzene rings is 2. The fourth-order valence-corrected chi connectivity index (χ4v) is 3.72. The highest BCUT2D eigenvalue weighted by atomic mass is 79.9. The number of fused-ring (bicyclic) bond motifs is 1. The lowest BCUT2D eigenvalue weighted by atomic mass is 10.0. The van der Waals surface area contributed by atoms with Crippen LogP contribution in [0.5, 0.6) is 0 Å². The molecule has 1 unspecified atom stereocenters. The summed E-state index contributed by atoms with van der Waals surface area (Å²) < 4.78 is 1.20.